The van der Waals surface area contributed by atoms with Crippen LogP contribution in [0, 0.1) is 11.6 Å². The zero-order chi connectivity index (χ0) is 24.6. The van der Waals surface area contributed by atoms with E-state index in [1.807, 2.05) is 0 Å². The van der Waals surface area contributed by atoms with Gasteiger partial charge in [0.1, 0.15) is 22.3 Å². The Morgan fingerprint density at radius 1 is 1.17 bits per heavy atom. The molecule has 8 nitrogen and oxygen atoms in total. The molecule has 11 heteroatoms. The molecule has 1 aliphatic carbocycles. The van der Waals surface area contributed by atoms with E-state index in [0.29, 0.717) is 18.7 Å². The van der Waals surface area contributed by atoms with Crippen molar-refractivity contribution in [2.45, 2.75) is 37.6 Å². The van der Waals surface area contributed by atoms with Gasteiger partial charge in [-0.1, -0.05) is 6.07 Å². The second-order valence-electron chi connectivity index (χ2n) is 8.71. The molecule has 0 spiro atoms. The monoisotopic (exact) mass is 499 g/mol. The maximum atomic E-state index is 14.2. The number of hydrogen-bond donors (Lipinski definition) is 4. The Morgan fingerprint density at radius 3 is 2.69 bits per heavy atom. The summed E-state index contributed by atoms with van der Waals surface area (Å²) in [5.41, 5.74) is 1.77. The number of aromatic nitrogens is 2. The summed E-state index contributed by atoms with van der Waals surface area (Å²) in [6.07, 6.45) is 4.15. The summed E-state index contributed by atoms with van der Waals surface area (Å²) in [7, 11) is 0. The van der Waals surface area contributed by atoms with Crippen LogP contribution in [0.25, 0.3) is 10.6 Å². The smallest absolute Gasteiger partial charge is 0.405 e. The zero-order valence-electron chi connectivity index (χ0n) is 18.7. The number of aryl methyl sites for hydroxylation is 1. The van der Waals surface area contributed by atoms with E-state index in [-0.39, 0.29) is 16.3 Å². The van der Waals surface area contributed by atoms with Gasteiger partial charge in [0.15, 0.2) is 0 Å². The average molecular weight is 500 g/mol. The minimum atomic E-state index is -1.15. The van der Waals surface area contributed by atoms with E-state index in [4.69, 9.17) is 0 Å². The topological polar surface area (TPSA) is 116 Å². The van der Waals surface area contributed by atoms with Crippen molar-refractivity contribution in [1.82, 2.24) is 20.6 Å². The molecule has 35 heavy (non-hydrogen) atoms. The minimum Gasteiger partial charge on any atom is -0.465 e. The van der Waals surface area contributed by atoms with Gasteiger partial charge in [-0.05, 0) is 56.3 Å². The SMILES string of the molecule is O=C(O)N[C@]1(c2c(NC(=O)c3csc(-c4c(F)cccc4F)n3)cnc3c2CCC3)CCCNC1. The molecule has 2 amide bonds. The molecule has 0 unspecified atom stereocenters. The summed E-state index contributed by atoms with van der Waals surface area (Å²) in [4.78, 5) is 33.6. The van der Waals surface area contributed by atoms with E-state index >= 15 is 0 Å². The quantitative estimate of drug-likeness (QED) is 0.421. The van der Waals surface area contributed by atoms with Crippen LogP contribution in [0.15, 0.2) is 29.8 Å². The predicted octanol–water partition coefficient (Wildman–Crippen LogP) is 4.07. The molecule has 0 radical (unpaired) electrons. The maximum absolute atomic E-state index is 14.2. The number of nitrogens with one attached hydrogen (secondary N) is 3. The zero-order valence-corrected chi connectivity index (χ0v) is 19.5. The fourth-order valence-electron chi connectivity index (χ4n) is 5.02. The van der Waals surface area contributed by atoms with E-state index in [1.54, 1.807) is 6.20 Å². The number of amides is 2. The molecular weight excluding hydrogens is 476 g/mol. The van der Waals surface area contributed by atoms with Crippen LogP contribution in [0.2, 0.25) is 0 Å². The van der Waals surface area contributed by atoms with Gasteiger partial charge in [-0.2, -0.15) is 0 Å². The molecule has 0 bridgehead atoms. The van der Waals surface area contributed by atoms with Crippen LogP contribution in [-0.4, -0.2) is 40.2 Å². The Balaban J connectivity index is 1.51. The molecule has 0 saturated carbocycles. The summed E-state index contributed by atoms with van der Waals surface area (Å²) in [5, 5.41) is 20.0. The molecule has 1 aliphatic heterocycles. The highest BCUT2D eigenvalue weighted by molar-refractivity contribution is 7.13. The summed E-state index contributed by atoms with van der Waals surface area (Å²) in [6, 6.07) is 3.53. The van der Waals surface area contributed by atoms with Crippen LogP contribution < -0.4 is 16.0 Å². The number of halogens is 2. The first kappa shape index (κ1) is 23.3. The van der Waals surface area contributed by atoms with Gasteiger partial charge < -0.3 is 21.1 Å². The van der Waals surface area contributed by atoms with E-state index in [2.05, 4.69) is 25.9 Å². The number of hydrogen-bond acceptors (Lipinski definition) is 6. The van der Waals surface area contributed by atoms with Crippen molar-refractivity contribution < 1.29 is 23.5 Å². The van der Waals surface area contributed by atoms with Crippen molar-refractivity contribution in [1.29, 1.82) is 0 Å². The highest BCUT2D eigenvalue weighted by Crippen LogP contribution is 2.40. The van der Waals surface area contributed by atoms with Crippen LogP contribution in [0.3, 0.4) is 0 Å². The van der Waals surface area contributed by atoms with Gasteiger partial charge in [-0.25, -0.2) is 18.6 Å². The van der Waals surface area contributed by atoms with Gasteiger partial charge in [-0.15, -0.1) is 11.3 Å². The first-order chi connectivity index (χ1) is 16.9. The largest absolute Gasteiger partial charge is 0.465 e. The third-order valence-corrected chi connectivity index (χ3v) is 7.34. The van der Waals surface area contributed by atoms with Gasteiger partial charge in [0.25, 0.3) is 5.91 Å². The van der Waals surface area contributed by atoms with Gasteiger partial charge >= 0.3 is 6.09 Å². The average Bonchev–Trinajstić information content (AvgIpc) is 3.49. The summed E-state index contributed by atoms with van der Waals surface area (Å²) < 4.78 is 28.4. The number of thiazole rings is 1. The van der Waals surface area contributed by atoms with Gasteiger partial charge in [0, 0.05) is 23.2 Å². The minimum absolute atomic E-state index is 0.00103. The Kier molecular flexibility index (Phi) is 6.20. The summed E-state index contributed by atoms with van der Waals surface area (Å²) >= 11 is 0.962. The first-order valence-electron chi connectivity index (χ1n) is 11.3. The molecule has 3 aromatic rings. The lowest BCUT2D eigenvalue weighted by Crippen LogP contribution is -2.55. The number of rotatable bonds is 5. The molecule has 5 rings (SSSR count). The van der Waals surface area contributed by atoms with Gasteiger partial charge in [0.05, 0.1) is 23.0 Å². The van der Waals surface area contributed by atoms with Crippen LogP contribution >= 0.6 is 11.3 Å². The third kappa shape index (κ3) is 4.37. The van der Waals surface area contributed by atoms with Crippen molar-refractivity contribution in [3.8, 4) is 10.6 Å². The molecule has 1 saturated heterocycles. The highest BCUT2D eigenvalue weighted by Gasteiger charge is 2.41. The number of nitrogens with zero attached hydrogens (tertiary/aromatic N) is 2. The fourth-order valence-corrected chi connectivity index (χ4v) is 5.87. The first-order valence-corrected chi connectivity index (χ1v) is 12.2. The van der Waals surface area contributed by atoms with Crippen molar-refractivity contribution in [3.05, 3.63) is 63.9 Å². The molecule has 182 valence electrons. The fraction of sp³-hybridized carbons (Fsp3) is 0.333. The molecule has 1 atom stereocenters. The number of benzene rings is 1. The van der Waals surface area contributed by atoms with E-state index in [1.165, 1.54) is 11.4 Å². The van der Waals surface area contributed by atoms with Crippen LogP contribution in [-0.2, 0) is 18.4 Å². The highest BCUT2D eigenvalue weighted by atomic mass is 32.1. The lowest BCUT2D eigenvalue weighted by molar-refractivity contribution is 0.102. The standard InChI is InChI=1S/C24H23F2N5O3S/c25-14-5-2-6-15(26)19(14)22-30-18(11-35-22)21(32)29-17-10-28-16-7-1-4-13(16)20(17)24(31-23(33)34)8-3-9-27-12-24/h2,5-6,10-11,27,31H,1,3-4,7-9,12H2,(H,29,32)(H,33,34)/t24-/m1/s1. The number of carboxylic acid groups (broad SMARTS) is 1. The van der Waals surface area contributed by atoms with Crippen molar-refractivity contribution in [3.63, 3.8) is 0 Å². The van der Waals surface area contributed by atoms with E-state index in [0.717, 1.165) is 72.5 Å². The molecule has 1 aromatic carbocycles. The van der Waals surface area contributed by atoms with Gasteiger partial charge in [-0.3, -0.25) is 9.78 Å². The maximum Gasteiger partial charge on any atom is 0.405 e. The van der Waals surface area contributed by atoms with Crippen LogP contribution in [0.5, 0.6) is 0 Å². The second kappa shape index (κ2) is 9.31. The second-order valence-corrected chi connectivity index (χ2v) is 9.57. The molecule has 1 fully saturated rings. The van der Waals surface area contributed by atoms with Crippen molar-refractivity contribution in [2.24, 2.45) is 0 Å². The van der Waals surface area contributed by atoms with E-state index < -0.39 is 29.2 Å². The number of fused-ring (bicyclic) bond motifs is 1. The molecule has 4 N–H and O–H groups in total. The lowest BCUT2D eigenvalue weighted by Gasteiger charge is -2.40. The number of piperidine rings is 1. The number of anilines is 1. The summed E-state index contributed by atoms with van der Waals surface area (Å²) in [5.74, 6) is -2.09. The van der Waals surface area contributed by atoms with E-state index in [9.17, 15) is 23.5 Å². The molecule has 3 heterocycles. The van der Waals surface area contributed by atoms with Crippen LogP contribution in [0.1, 0.15) is 46.6 Å². The van der Waals surface area contributed by atoms with Gasteiger partial charge in [0.2, 0.25) is 0 Å². The Hall–Kier alpha value is -3.44. The summed E-state index contributed by atoms with van der Waals surface area (Å²) in [6.45, 7) is 1.15. The van der Waals surface area contributed by atoms with Crippen molar-refractivity contribution >= 4 is 29.0 Å². The Labute approximate surface area is 203 Å². The Bertz CT molecular complexity index is 1290. The van der Waals surface area contributed by atoms with Crippen molar-refractivity contribution in [2.75, 3.05) is 18.4 Å². The Morgan fingerprint density at radius 2 is 1.97 bits per heavy atom. The molecule has 2 aliphatic rings. The molecular formula is C24H23F2N5O3S. The molecule has 2 aromatic heterocycles. The normalized spacial score (nSPS) is 19.3. The number of carbonyl (C=O) groups is 2. The third-order valence-electron chi connectivity index (χ3n) is 6.48. The predicted molar refractivity (Wildman–Crippen MR) is 127 cm³/mol. The number of carbonyl (C=O) groups excluding carboxylic acids is 1. The lowest BCUT2D eigenvalue weighted by atomic mass is 9.79. The van der Waals surface area contributed by atoms with Crippen LogP contribution in [0.4, 0.5) is 19.3 Å². The number of pyridine rings is 1.